The van der Waals surface area contributed by atoms with Crippen LogP contribution in [-0.2, 0) is 23.2 Å². The third kappa shape index (κ3) is 4.15. The van der Waals surface area contributed by atoms with E-state index in [1.807, 2.05) is 0 Å². The van der Waals surface area contributed by atoms with E-state index in [0.29, 0.717) is 28.3 Å². The van der Waals surface area contributed by atoms with E-state index in [1.165, 1.54) is 37.5 Å². The summed E-state index contributed by atoms with van der Waals surface area (Å²) in [6.45, 7) is 1.60. The van der Waals surface area contributed by atoms with Gasteiger partial charge in [0.05, 0.1) is 23.3 Å². The summed E-state index contributed by atoms with van der Waals surface area (Å²) in [5.41, 5.74) is 1.90. The number of carboxylic acid groups (broad SMARTS) is 1. The highest BCUT2D eigenvalue weighted by Gasteiger charge is 2.33. The maximum Gasteiger partial charge on any atom is 0.290 e. The molecule has 10 nitrogen and oxygen atoms in total. The smallest absolute Gasteiger partial charge is 0.290 e. The first-order chi connectivity index (χ1) is 13.8. The molecule has 0 spiro atoms. The molecular formula is C19H18N2O8. The number of Topliss-reactive ketones (excluding diaryl/α,β-unsaturated/α-hetero) is 1. The van der Waals surface area contributed by atoms with Crippen LogP contribution in [0.25, 0.3) is 0 Å². The summed E-state index contributed by atoms with van der Waals surface area (Å²) in [7, 11) is 3.04. The maximum absolute atomic E-state index is 12.5. The van der Waals surface area contributed by atoms with Crippen molar-refractivity contribution >= 4 is 23.7 Å². The van der Waals surface area contributed by atoms with Crippen LogP contribution in [0.2, 0.25) is 0 Å². The summed E-state index contributed by atoms with van der Waals surface area (Å²) in [5.74, 6) is -0.179. The fourth-order valence-corrected chi connectivity index (χ4v) is 2.99. The van der Waals surface area contributed by atoms with Gasteiger partial charge in [0.2, 0.25) is 11.6 Å². The average molecular weight is 402 g/mol. The Kier molecular flexibility index (Phi) is 6.50. The molecule has 3 rings (SSSR count). The Balaban J connectivity index is 0.000000941. The highest BCUT2D eigenvalue weighted by Crippen LogP contribution is 2.30. The van der Waals surface area contributed by atoms with Crippen molar-refractivity contribution < 1.29 is 33.9 Å². The molecule has 0 radical (unpaired) electrons. The van der Waals surface area contributed by atoms with Crippen LogP contribution in [0.15, 0.2) is 36.1 Å². The monoisotopic (exact) mass is 402 g/mol. The van der Waals surface area contributed by atoms with Crippen LogP contribution >= 0.6 is 0 Å². The Labute approximate surface area is 165 Å². The van der Waals surface area contributed by atoms with Gasteiger partial charge in [0.15, 0.2) is 5.76 Å². The Bertz CT molecular complexity index is 1000. The van der Waals surface area contributed by atoms with Gasteiger partial charge < -0.3 is 19.1 Å². The van der Waals surface area contributed by atoms with Crippen LogP contribution in [0.1, 0.15) is 32.1 Å². The van der Waals surface area contributed by atoms with Gasteiger partial charge in [-0.1, -0.05) is 0 Å². The largest absolute Gasteiger partial charge is 0.492 e. The van der Waals surface area contributed by atoms with Gasteiger partial charge in [0.25, 0.3) is 12.2 Å². The lowest BCUT2D eigenvalue weighted by Gasteiger charge is -2.12. The van der Waals surface area contributed by atoms with E-state index in [1.54, 1.807) is 18.5 Å². The standard InChI is InChI=1S/C18H16N2O6.CH2O2/c1-10-13(9-26-12-6-4-11(5-7-12)20(23)24)19(2)17-14(21)8-15(25-3)18(22)16(10)17;2-1-3/h4-8H,9H2,1-3H3;1H,(H,2,3). The van der Waals surface area contributed by atoms with Crippen LogP contribution in [0, 0.1) is 17.0 Å². The second kappa shape index (κ2) is 8.83. The van der Waals surface area contributed by atoms with E-state index in [0.717, 1.165) is 0 Å². The van der Waals surface area contributed by atoms with Gasteiger partial charge in [-0.15, -0.1) is 0 Å². The zero-order valence-corrected chi connectivity index (χ0v) is 15.9. The second-order valence-electron chi connectivity index (χ2n) is 5.91. The van der Waals surface area contributed by atoms with Gasteiger partial charge in [0, 0.05) is 25.3 Å². The minimum Gasteiger partial charge on any atom is -0.492 e. The number of fused-ring (bicyclic) bond motifs is 1. The Morgan fingerprint density at radius 1 is 1.24 bits per heavy atom. The Hall–Kier alpha value is -3.95. The highest BCUT2D eigenvalue weighted by atomic mass is 16.6. The second-order valence-corrected chi connectivity index (χ2v) is 5.91. The van der Waals surface area contributed by atoms with Gasteiger partial charge in [-0.2, -0.15) is 0 Å². The minimum atomic E-state index is -0.489. The number of ketones is 2. The van der Waals surface area contributed by atoms with Gasteiger partial charge in [-0.25, -0.2) is 0 Å². The molecule has 10 heteroatoms. The SMILES string of the molecule is COC1=CC(=O)c2c(c(C)c(COc3ccc([N+](=O)[O-])cc3)n2C)C1=O.O=CO. The van der Waals surface area contributed by atoms with Gasteiger partial charge in [-0.3, -0.25) is 24.5 Å². The summed E-state index contributed by atoms with van der Waals surface area (Å²) in [6.07, 6.45) is 1.19. The van der Waals surface area contributed by atoms with E-state index >= 15 is 0 Å². The number of allylic oxidation sites excluding steroid dienone is 2. The molecule has 0 bridgehead atoms. The third-order valence-electron chi connectivity index (χ3n) is 4.37. The number of nitrogens with zero attached hydrogens (tertiary/aromatic N) is 2. The fraction of sp³-hybridized carbons (Fsp3) is 0.211. The molecule has 1 aromatic heterocycles. The molecule has 0 aliphatic heterocycles. The topological polar surface area (TPSA) is 138 Å². The van der Waals surface area contributed by atoms with Crippen molar-refractivity contribution in [2.45, 2.75) is 13.5 Å². The van der Waals surface area contributed by atoms with Crippen molar-refractivity contribution in [3.63, 3.8) is 0 Å². The van der Waals surface area contributed by atoms with E-state index in [-0.39, 0.29) is 36.1 Å². The summed E-state index contributed by atoms with van der Waals surface area (Å²) in [6, 6.07) is 5.69. The Morgan fingerprint density at radius 3 is 2.34 bits per heavy atom. The number of aromatic nitrogens is 1. The fourth-order valence-electron chi connectivity index (χ4n) is 2.99. The molecule has 152 valence electrons. The molecule has 1 aliphatic carbocycles. The first-order valence-electron chi connectivity index (χ1n) is 8.24. The third-order valence-corrected chi connectivity index (χ3v) is 4.37. The predicted octanol–water partition coefficient (Wildman–Crippen LogP) is 2.43. The quantitative estimate of drug-likeness (QED) is 0.457. The zero-order chi connectivity index (χ0) is 21.7. The van der Waals surface area contributed by atoms with Crippen molar-refractivity contribution in [1.82, 2.24) is 4.57 Å². The molecule has 29 heavy (non-hydrogen) atoms. The van der Waals surface area contributed by atoms with Crippen LogP contribution in [0.3, 0.4) is 0 Å². The van der Waals surface area contributed by atoms with Crippen molar-refractivity contribution in [2.75, 3.05) is 7.11 Å². The zero-order valence-electron chi connectivity index (χ0n) is 15.9. The van der Waals surface area contributed by atoms with Crippen molar-refractivity contribution in [2.24, 2.45) is 7.05 Å². The van der Waals surface area contributed by atoms with Gasteiger partial charge >= 0.3 is 0 Å². The van der Waals surface area contributed by atoms with E-state index in [2.05, 4.69) is 0 Å². The van der Waals surface area contributed by atoms with Gasteiger partial charge in [-0.05, 0) is 24.6 Å². The van der Waals surface area contributed by atoms with Crippen molar-refractivity contribution in [3.05, 3.63) is 68.7 Å². The molecule has 0 fully saturated rings. The Morgan fingerprint density at radius 2 is 1.83 bits per heavy atom. The predicted molar refractivity (Wildman–Crippen MR) is 100 cm³/mol. The average Bonchev–Trinajstić information content (AvgIpc) is 2.95. The first-order valence-corrected chi connectivity index (χ1v) is 8.24. The lowest BCUT2D eigenvalue weighted by atomic mass is 9.97. The van der Waals surface area contributed by atoms with Crippen LogP contribution in [0.5, 0.6) is 5.75 Å². The molecule has 0 amide bonds. The number of nitro benzene ring substituents is 1. The van der Waals surface area contributed by atoms with Crippen LogP contribution < -0.4 is 4.74 Å². The highest BCUT2D eigenvalue weighted by molar-refractivity contribution is 6.24. The summed E-state index contributed by atoms with van der Waals surface area (Å²) in [4.78, 5) is 43.4. The lowest BCUT2D eigenvalue weighted by Crippen LogP contribution is -2.19. The molecule has 0 saturated heterocycles. The number of methoxy groups -OCH3 is 1. The molecule has 1 N–H and O–H groups in total. The summed E-state index contributed by atoms with van der Waals surface area (Å²) < 4.78 is 12.3. The van der Waals surface area contributed by atoms with E-state index in [9.17, 15) is 19.7 Å². The summed E-state index contributed by atoms with van der Waals surface area (Å²) >= 11 is 0. The number of nitro groups is 1. The summed E-state index contributed by atoms with van der Waals surface area (Å²) in [5, 5.41) is 17.6. The number of ether oxygens (including phenoxy) is 2. The van der Waals surface area contributed by atoms with Crippen molar-refractivity contribution in [1.29, 1.82) is 0 Å². The normalized spacial score (nSPS) is 12.3. The number of rotatable bonds is 5. The molecule has 0 saturated carbocycles. The van der Waals surface area contributed by atoms with Crippen LogP contribution in [0.4, 0.5) is 5.69 Å². The van der Waals surface area contributed by atoms with Gasteiger partial charge in [0.1, 0.15) is 18.1 Å². The lowest BCUT2D eigenvalue weighted by molar-refractivity contribution is -0.384. The number of benzene rings is 1. The number of non-ortho nitro benzene ring substituents is 1. The molecular weight excluding hydrogens is 384 g/mol. The molecule has 0 unspecified atom stereocenters. The van der Waals surface area contributed by atoms with E-state index < -0.39 is 4.92 Å². The molecule has 2 aromatic rings. The molecule has 0 atom stereocenters. The number of carbonyl (C=O) groups excluding carboxylic acids is 2. The number of hydrogen-bond acceptors (Lipinski definition) is 7. The molecule has 1 aromatic carbocycles. The maximum atomic E-state index is 12.5. The van der Waals surface area contributed by atoms with Crippen molar-refractivity contribution in [3.8, 4) is 5.75 Å². The molecule has 1 heterocycles. The number of hydrogen-bond donors (Lipinski definition) is 1. The van der Waals surface area contributed by atoms with E-state index in [4.69, 9.17) is 19.4 Å². The number of carbonyl (C=O) groups is 3. The first kappa shape index (κ1) is 21.4. The minimum absolute atomic E-state index is 0.0130. The van der Waals surface area contributed by atoms with Crippen LogP contribution in [-0.4, -0.2) is 39.7 Å². The molecule has 1 aliphatic rings.